The summed E-state index contributed by atoms with van der Waals surface area (Å²) < 4.78 is 26.2. The average molecular weight is 224 g/mol. The Morgan fingerprint density at radius 1 is 1.46 bits per heavy atom. The van der Waals surface area contributed by atoms with E-state index in [-0.39, 0.29) is 10.5 Å². The first kappa shape index (κ1) is 10.5. The third-order valence-electron chi connectivity index (χ3n) is 1.50. The molecule has 0 atom stereocenters. The molecule has 0 spiro atoms. The van der Waals surface area contributed by atoms with E-state index in [4.69, 9.17) is 10.7 Å². The zero-order valence-electron chi connectivity index (χ0n) is 7.54. The van der Waals surface area contributed by atoms with Crippen LogP contribution in [-0.4, -0.2) is 13.6 Å². The van der Waals surface area contributed by atoms with Gasteiger partial charge in [0.05, 0.1) is 5.69 Å². The van der Waals surface area contributed by atoms with E-state index in [9.17, 15) is 8.42 Å². The van der Waals surface area contributed by atoms with Crippen molar-refractivity contribution in [2.75, 3.05) is 0 Å². The Hall–Kier alpha value is -0.550. The molecule has 0 amide bonds. The quantitative estimate of drug-likeness (QED) is 0.683. The fourth-order valence-electron chi connectivity index (χ4n) is 0.727. The van der Waals surface area contributed by atoms with E-state index in [1.807, 2.05) is 20.8 Å². The number of hydrogen-bond acceptors (Lipinski definition) is 4. The molecule has 0 bridgehead atoms. The van der Waals surface area contributed by atoms with E-state index < -0.39 is 9.05 Å². The van der Waals surface area contributed by atoms with Crippen molar-refractivity contribution in [3.8, 4) is 0 Å². The first-order chi connectivity index (χ1) is 5.71. The lowest BCUT2D eigenvalue weighted by molar-refractivity contribution is 0.328. The molecule has 0 aliphatic heterocycles. The third-order valence-corrected chi connectivity index (χ3v) is 2.63. The normalized spacial score (nSPS) is 13.2. The second-order valence-electron chi connectivity index (χ2n) is 3.72. The van der Waals surface area contributed by atoms with Crippen molar-refractivity contribution in [3.05, 3.63) is 11.8 Å². The van der Waals surface area contributed by atoms with Crippen molar-refractivity contribution >= 4 is 19.7 Å². The van der Waals surface area contributed by atoms with Crippen molar-refractivity contribution in [2.45, 2.75) is 31.3 Å². The zero-order chi connectivity index (χ0) is 10.3. The first-order valence-electron chi connectivity index (χ1n) is 3.63. The Kier molecular flexibility index (Phi) is 2.42. The summed E-state index contributed by atoms with van der Waals surface area (Å²) in [6.45, 7) is 5.69. The summed E-state index contributed by atoms with van der Waals surface area (Å²) in [5.41, 5.74) is 0.315. The summed E-state index contributed by atoms with van der Waals surface area (Å²) >= 11 is 0. The second kappa shape index (κ2) is 2.99. The topological polar surface area (TPSA) is 60.2 Å². The van der Waals surface area contributed by atoms with Crippen LogP contribution in [0.3, 0.4) is 0 Å². The third kappa shape index (κ3) is 2.45. The number of hydrogen-bond donors (Lipinski definition) is 0. The number of halogens is 1. The van der Waals surface area contributed by atoms with E-state index in [0.717, 1.165) is 0 Å². The summed E-state index contributed by atoms with van der Waals surface area (Å²) in [5, 5.41) is 3.31. The molecule has 1 aromatic heterocycles. The fourth-order valence-corrected chi connectivity index (χ4v) is 1.32. The Balaban J connectivity index is 3.16. The highest BCUT2D eigenvalue weighted by molar-refractivity contribution is 8.13. The van der Waals surface area contributed by atoms with Crippen LogP contribution in [0.5, 0.6) is 0 Å². The highest BCUT2D eigenvalue weighted by Crippen LogP contribution is 2.24. The molecule has 0 aliphatic rings. The second-order valence-corrected chi connectivity index (χ2v) is 6.22. The Morgan fingerprint density at radius 3 is 2.23 bits per heavy atom. The summed E-state index contributed by atoms with van der Waals surface area (Å²) in [4.78, 5) is 0. The Labute approximate surface area is 81.3 Å². The van der Waals surface area contributed by atoms with Crippen LogP contribution in [0.1, 0.15) is 26.5 Å². The van der Waals surface area contributed by atoms with Crippen LogP contribution in [0.4, 0.5) is 0 Å². The molecular formula is C7H10ClNO3S. The van der Waals surface area contributed by atoms with Gasteiger partial charge in [0, 0.05) is 22.2 Å². The zero-order valence-corrected chi connectivity index (χ0v) is 9.11. The Bertz CT molecular complexity index is 402. The van der Waals surface area contributed by atoms with Crippen LogP contribution in [0.2, 0.25) is 0 Å². The SMILES string of the molecule is CC(C)(C)c1cc(S(=O)(=O)Cl)on1. The van der Waals surface area contributed by atoms with Crippen LogP contribution in [0.15, 0.2) is 15.7 Å². The van der Waals surface area contributed by atoms with Crippen molar-refractivity contribution in [1.29, 1.82) is 0 Å². The van der Waals surface area contributed by atoms with Crippen LogP contribution in [-0.2, 0) is 14.5 Å². The summed E-state index contributed by atoms with van der Waals surface area (Å²) in [7, 11) is 1.26. The van der Waals surface area contributed by atoms with Crippen LogP contribution < -0.4 is 0 Å². The van der Waals surface area contributed by atoms with E-state index in [0.29, 0.717) is 5.69 Å². The molecule has 1 rings (SSSR count). The number of aromatic nitrogens is 1. The maximum Gasteiger partial charge on any atom is 0.297 e. The molecule has 0 aromatic carbocycles. The van der Waals surface area contributed by atoms with Gasteiger partial charge in [-0.1, -0.05) is 25.9 Å². The van der Waals surface area contributed by atoms with Crippen LogP contribution >= 0.6 is 10.7 Å². The summed E-state index contributed by atoms with van der Waals surface area (Å²) in [6.07, 6.45) is 0. The van der Waals surface area contributed by atoms with Gasteiger partial charge in [-0.25, -0.2) is 8.42 Å². The predicted octanol–water partition coefficient (Wildman–Crippen LogP) is 1.90. The summed E-state index contributed by atoms with van der Waals surface area (Å²) in [6, 6.07) is 1.34. The van der Waals surface area contributed by atoms with E-state index in [1.54, 1.807) is 0 Å². The van der Waals surface area contributed by atoms with Crippen LogP contribution in [0.25, 0.3) is 0 Å². The molecule has 1 heterocycles. The fraction of sp³-hybridized carbons (Fsp3) is 0.571. The van der Waals surface area contributed by atoms with Gasteiger partial charge >= 0.3 is 0 Å². The molecule has 0 saturated carbocycles. The lowest BCUT2D eigenvalue weighted by Crippen LogP contribution is -2.11. The van der Waals surface area contributed by atoms with Crippen molar-refractivity contribution in [1.82, 2.24) is 5.16 Å². The standard InChI is InChI=1S/C7H10ClNO3S/c1-7(2,3)5-4-6(12-9-5)13(8,10)11/h4H,1-3H3. The minimum Gasteiger partial charge on any atom is -0.343 e. The molecule has 0 N–H and O–H groups in total. The van der Waals surface area contributed by atoms with Gasteiger partial charge in [0.25, 0.3) is 14.1 Å². The summed E-state index contributed by atoms with van der Waals surface area (Å²) in [5.74, 6) is 0. The largest absolute Gasteiger partial charge is 0.343 e. The monoisotopic (exact) mass is 223 g/mol. The molecule has 74 valence electrons. The molecule has 0 aliphatic carbocycles. The molecule has 6 heteroatoms. The minimum absolute atomic E-state index is 0.247. The highest BCUT2D eigenvalue weighted by atomic mass is 35.7. The van der Waals surface area contributed by atoms with Crippen LogP contribution in [0, 0.1) is 0 Å². The van der Waals surface area contributed by atoms with E-state index in [2.05, 4.69) is 9.68 Å². The number of nitrogens with zero attached hydrogens (tertiary/aromatic N) is 1. The molecule has 13 heavy (non-hydrogen) atoms. The minimum atomic E-state index is -3.80. The predicted molar refractivity (Wildman–Crippen MR) is 48.2 cm³/mol. The maximum atomic E-state index is 10.8. The number of rotatable bonds is 1. The molecule has 4 nitrogen and oxygen atoms in total. The van der Waals surface area contributed by atoms with E-state index in [1.165, 1.54) is 6.07 Å². The molecular weight excluding hydrogens is 214 g/mol. The van der Waals surface area contributed by atoms with Crippen molar-refractivity contribution in [3.63, 3.8) is 0 Å². The van der Waals surface area contributed by atoms with Gasteiger partial charge in [0.2, 0.25) is 0 Å². The lowest BCUT2D eigenvalue weighted by Gasteiger charge is -2.12. The molecule has 1 aromatic rings. The van der Waals surface area contributed by atoms with Gasteiger partial charge in [-0.05, 0) is 0 Å². The average Bonchev–Trinajstić information content (AvgIpc) is 2.28. The van der Waals surface area contributed by atoms with Gasteiger partial charge in [-0.2, -0.15) is 0 Å². The van der Waals surface area contributed by atoms with Gasteiger partial charge in [-0.3, -0.25) is 0 Å². The highest BCUT2D eigenvalue weighted by Gasteiger charge is 2.23. The first-order valence-corrected chi connectivity index (χ1v) is 5.94. The van der Waals surface area contributed by atoms with Crippen molar-refractivity contribution in [2.24, 2.45) is 0 Å². The Morgan fingerprint density at radius 2 is 2.00 bits per heavy atom. The van der Waals surface area contributed by atoms with Gasteiger partial charge in [-0.15, -0.1) is 0 Å². The maximum absolute atomic E-state index is 10.8. The van der Waals surface area contributed by atoms with Crippen molar-refractivity contribution < 1.29 is 12.9 Å². The molecule has 0 saturated heterocycles. The van der Waals surface area contributed by atoms with Gasteiger partial charge in [0.1, 0.15) is 0 Å². The van der Waals surface area contributed by atoms with E-state index >= 15 is 0 Å². The van der Waals surface area contributed by atoms with Gasteiger partial charge in [0.15, 0.2) is 0 Å². The van der Waals surface area contributed by atoms with Gasteiger partial charge < -0.3 is 4.52 Å². The molecule has 0 fully saturated rings. The smallest absolute Gasteiger partial charge is 0.297 e. The molecule has 0 unspecified atom stereocenters. The molecule has 0 radical (unpaired) electrons. The lowest BCUT2D eigenvalue weighted by atomic mass is 9.93.